The largest absolute Gasteiger partial charge is 0.466 e. The van der Waals surface area contributed by atoms with Gasteiger partial charge in [-0.25, -0.2) is 0 Å². The summed E-state index contributed by atoms with van der Waals surface area (Å²) in [6, 6.07) is 5.51. The molecule has 0 saturated heterocycles. The van der Waals surface area contributed by atoms with Crippen LogP contribution in [0.25, 0.3) is 0 Å². The number of aromatic amines is 1. The monoisotopic (exact) mass is 316 g/mol. The van der Waals surface area contributed by atoms with Crippen LogP contribution in [0.2, 0.25) is 0 Å². The summed E-state index contributed by atoms with van der Waals surface area (Å²) >= 11 is 5.19. The molecule has 22 heavy (non-hydrogen) atoms. The zero-order chi connectivity index (χ0) is 15.9. The number of hydrogen-bond acceptors (Lipinski definition) is 3. The molecular formula is C17H20N2O2S. The Kier molecular flexibility index (Phi) is 3.68. The highest BCUT2D eigenvalue weighted by Gasteiger charge is 2.35. The van der Waals surface area contributed by atoms with E-state index in [2.05, 4.69) is 24.1 Å². The van der Waals surface area contributed by atoms with Gasteiger partial charge in [-0.3, -0.25) is 4.79 Å². The van der Waals surface area contributed by atoms with Gasteiger partial charge in [0, 0.05) is 18.2 Å². The van der Waals surface area contributed by atoms with E-state index in [0.29, 0.717) is 10.2 Å². The van der Waals surface area contributed by atoms with E-state index in [1.54, 1.807) is 18.3 Å². The molecule has 3 rings (SSSR count). The molecule has 2 N–H and O–H groups in total. The van der Waals surface area contributed by atoms with Gasteiger partial charge >= 0.3 is 0 Å². The zero-order valence-corrected chi connectivity index (χ0v) is 13.8. The molecule has 0 bridgehead atoms. The van der Waals surface area contributed by atoms with Crippen LogP contribution in [0.15, 0.2) is 28.8 Å². The second-order valence-electron chi connectivity index (χ2n) is 6.72. The highest BCUT2D eigenvalue weighted by molar-refractivity contribution is 7.71. The van der Waals surface area contributed by atoms with Gasteiger partial charge in [0.1, 0.15) is 16.2 Å². The van der Waals surface area contributed by atoms with Crippen molar-refractivity contribution in [3.63, 3.8) is 0 Å². The summed E-state index contributed by atoms with van der Waals surface area (Å²) in [5.74, 6) is 1.73. The third-order valence-electron chi connectivity index (χ3n) is 4.10. The minimum Gasteiger partial charge on any atom is -0.466 e. The second kappa shape index (κ2) is 5.39. The third kappa shape index (κ3) is 2.86. The number of rotatable bonds is 2. The normalized spacial score (nSPS) is 19.5. The van der Waals surface area contributed by atoms with E-state index in [1.807, 2.05) is 13.0 Å². The van der Waals surface area contributed by atoms with E-state index in [1.165, 1.54) is 0 Å². The number of nitrogens with one attached hydrogen (secondary N) is 2. The molecule has 2 aromatic rings. The number of carbonyl (C=O) groups is 1. The lowest BCUT2D eigenvalue weighted by Crippen LogP contribution is -2.36. The van der Waals surface area contributed by atoms with Crippen LogP contribution in [0.3, 0.4) is 0 Å². The molecule has 0 aliphatic heterocycles. The molecule has 2 heterocycles. The molecule has 1 aliphatic carbocycles. The van der Waals surface area contributed by atoms with Crippen molar-refractivity contribution in [2.24, 2.45) is 5.41 Å². The molecule has 0 fully saturated rings. The number of aryl methyl sites for hydroxylation is 1. The lowest BCUT2D eigenvalue weighted by Gasteiger charge is -2.34. The van der Waals surface area contributed by atoms with E-state index in [-0.39, 0.29) is 17.4 Å². The van der Waals surface area contributed by atoms with Crippen molar-refractivity contribution in [2.45, 2.75) is 39.7 Å². The quantitative estimate of drug-likeness (QED) is 0.820. The fraction of sp³-hybridized carbons (Fsp3) is 0.412. The van der Waals surface area contributed by atoms with Crippen LogP contribution >= 0.6 is 12.2 Å². The molecule has 1 aliphatic rings. The summed E-state index contributed by atoms with van der Waals surface area (Å²) < 4.78 is 6.26. The predicted molar refractivity (Wildman–Crippen MR) is 87.4 cm³/mol. The SMILES string of the molecule is Cc1cc2c(o1)CC(C)(C)C[C@H]2NC(=O)c1ccc[nH]c1=S. The number of fused-ring (bicyclic) bond motifs is 1. The van der Waals surface area contributed by atoms with Gasteiger partial charge in [-0.05, 0) is 37.0 Å². The van der Waals surface area contributed by atoms with Gasteiger partial charge in [-0.1, -0.05) is 26.1 Å². The minimum absolute atomic E-state index is 0.0432. The van der Waals surface area contributed by atoms with E-state index >= 15 is 0 Å². The van der Waals surface area contributed by atoms with Gasteiger partial charge in [-0.15, -0.1) is 0 Å². The van der Waals surface area contributed by atoms with Gasteiger partial charge in [0.05, 0.1) is 11.6 Å². The molecule has 4 nitrogen and oxygen atoms in total. The van der Waals surface area contributed by atoms with E-state index in [0.717, 1.165) is 29.9 Å². The minimum atomic E-state index is -0.144. The van der Waals surface area contributed by atoms with Crippen molar-refractivity contribution in [3.8, 4) is 0 Å². The summed E-state index contributed by atoms with van der Waals surface area (Å²) in [6.45, 7) is 6.33. The summed E-state index contributed by atoms with van der Waals surface area (Å²) in [4.78, 5) is 15.4. The first kappa shape index (κ1) is 15.0. The Balaban J connectivity index is 1.90. The summed E-state index contributed by atoms with van der Waals surface area (Å²) in [6.07, 6.45) is 3.50. The van der Waals surface area contributed by atoms with Gasteiger partial charge in [-0.2, -0.15) is 0 Å². The Morgan fingerprint density at radius 2 is 2.27 bits per heavy atom. The highest BCUT2D eigenvalue weighted by atomic mass is 32.1. The summed E-state index contributed by atoms with van der Waals surface area (Å²) in [5.41, 5.74) is 1.69. The number of aromatic nitrogens is 1. The van der Waals surface area contributed by atoms with Crippen LogP contribution in [0.1, 0.15) is 53.8 Å². The number of carbonyl (C=O) groups excluding carboxylic acids is 1. The Hall–Kier alpha value is -1.88. The van der Waals surface area contributed by atoms with Gasteiger partial charge in [0.25, 0.3) is 5.91 Å². The third-order valence-corrected chi connectivity index (χ3v) is 4.44. The topological polar surface area (TPSA) is 58.0 Å². The number of pyridine rings is 1. The Morgan fingerprint density at radius 1 is 1.50 bits per heavy atom. The Bertz CT molecular complexity index is 773. The standard InChI is InChI=1S/C17H20N2O2S/c1-10-7-12-13(8-17(2,3)9-14(12)21-10)19-15(20)11-5-4-6-18-16(11)22/h4-7,13H,8-9H2,1-3H3,(H,18,22)(H,19,20)/t13-/m1/s1. The van der Waals surface area contributed by atoms with Gasteiger partial charge in [0.2, 0.25) is 0 Å². The molecular weight excluding hydrogens is 296 g/mol. The van der Waals surface area contributed by atoms with Crippen LogP contribution in [0, 0.1) is 17.0 Å². The van der Waals surface area contributed by atoms with E-state index < -0.39 is 0 Å². The first-order valence-electron chi connectivity index (χ1n) is 7.43. The molecule has 116 valence electrons. The van der Waals surface area contributed by atoms with Crippen molar-refractivity contribution >= 4 is 18.1 Å². The molecule has 0 aromatic carbocycles. The Labute approximate surface area is 134 Å². The maximum absolute atomic E-state index is 12.5. The molecule has 0 radical (unpaired) electrons. The van der Waals surface area contributed by atoms with Crippen LogP contribution in [0.4, 0.5) is 0 Å². The van der Waals surface area contributed by atoms with Crippen molar-refractivity contribution in [3.05, 3.63) is 51.7 Å². The van der Waals surface area contributed by atoms with Gasteiger partial charge < -0.3 is 14.7 Å². The first-order valence-corrected chi connectivity index (χ1v) is 7.84. The highest BCUT2D eigenvalue weighted by Crippen LogP contribution is 2.42. The molecule has 1 atom stereocenters. The van der Waals surface area contributed by atoms with Crippen LogP contribution in [0.5, 0.6) is 0 Å². The van der Waals surface area contributed by atoms with Crippen molar-refractivity contribution in [1.82, 2.24) is 10.3 Å². The molecule has 2 aromatic heterocycles. The average Bonchev–Trinajstić information content (AvgIpc) is 2.78. The van der Waals surface area contributed by atoms with Crippen LogP contribution in [-0.4, -0.2) is 10.9 Å². The first-order chi connectivity index (χ1) is 10.4. The number of H-pyrrole nitrogens is 1. The second-order valence-corrected chi connectivity index (χ2v) is 7.13. The fourth-order valence-electron chi connectivity index (χ4n) is 3.15. The molecule has 0 unspecified atom stereocenters. The van der Waals surface area contributed by atoms with Crippen molar-refractivity contribution < 1.29 is 9.21 Å². The maximum atomic E-state index is 12.5. The lowest BCUT2D eigenvalue weighted by molar-refractivity contribution is 0.0916. The number of hydrogen-bond donors (Lipinski definition) is 2. The fourth-order valence-corrected chi connectivity index (χ4v) is 3.38. The summed E-state index contributed by atoms with van der Waals surface area (Å²) in [7, 11) is 0. The molecule has 1 amide bonds. The molecule has 5 heteroatoms. The van der Waals surface area contributed by atoms with Gasteiger partial charge in [0.15, 0.2) is 0 Å². The smallest absolute Gasteiger partial charge is 0.254 e. The maximum Gasteiger partial charge on any atom is 0.254 e. The van der Waals surface area contributed by atoms with E-state index in [4.69, 9.17) is 16.6 Å². The predicted octanol–water partition coefficient (Wildman–Crippen LogP) is 4.09. The average molecular weight is 316 g/mol. The number of furan rings is 1. The Morgan fingerprint density at radius 3 is 3.00 bits per heavy atom. The van der Waals surface area contributed by atoms with Crippen LogP contribution < -0.4 is 5.32 Å². The number of amides is 1. The lowest BCUT2D eigenvalue weighted by atomic mass is 9.74. The molecule has 0 spiro atoms. The summed E-state index contributed by atoms with van der Waals surface area (Å²) in [5, 5.41) is 3.12. The van der Waals surface area contributed by atoms with Crippen molar-refractivity contribution in [2.75, 3.05) is 0 Å². The van der Waals surface area contributed by atoms with E-state index in [9.17, 15) is 4.79 Å². The zero-order valence-electron chi connectivity index (χ0n) is 13.0. The molecule has 0 saturated carbocycles. The van der Waals surface area contributed by atoms with Crippen LogP contribution in [-0.2, 0) is 6.42 Å². The van der Waals surface area contributed by atoms with Crippen molar-refractivity contribution in [1.29, 1.82) is 0 Å².